The fourth-order valence-electron chi connectivity index (χ4n) is 4.13. The quantitative estimate of drug-likeness (QED) is 0.713. The fraction of sp³-hybridized carbons (Fsp3) is 0.500. The van der Waals surface area contributed by atoms with E-state index in [-0.39, 0.29) is 17.4 Å². The Hall–Kier alpha value is -2.67. The van der Waals surface area contributed by atoms with E-state index in [0.29, 0.717) is 18.2 Å². The number of aliphatic carboxylic acids is 1. The lowest BCUT2D eigenvalue weighted by molar-refractivity contribution is -0.145. The third-order valence-corrected chi connectivity index (χ3v) is 6.16. The van der Waals surface area contributed by atoms with Crippen LogP contribution in [-0.4, -0.2) is 43.8 Å². The van der Waals surface area contributed by atoms with E-state index in [1.54, 1.807) is 17.1 Å². The predicted molar refractivity (Wildman–Crippen MR) is 110 cm³/mol. The normalized spacial score (nSPS) is 22.1. The molecule has 0 bridgehead atoms. The molecule has 3 aromatic heterocycles. The van der Waals surface area contributed by atoms with Crippen molar-refractivity contribution in [2.75, 3.05) is 13.1 Å². The first-order chi connectivity index (χ1) is 13.7. The molecule has 7 nitrogen and oxygen atoms in total. The minimum absolute atomic E-state index is 0.0237. The molecular formula is C22H28N4O3. The summed E-state index contributed by atoms with van der Waals surface area (Å²) in [5.74, 6) is 0.0492. The molecule has 0 saturated carbocycles. The van der Waals surface area contributed by atoms with E-state index < -0.39 is 5.97 Å². The second kappa shape index (κ2) is 7.30. The number of fused-ring (bicyclic) bond motifs is 1. The zero-order valence-electron chi connectivity index (χ0n) is 17.4. The molecular weight excluding hydrogens is 368 g/mol. The molecule has 0 amide bonds. The van der Waals surface area contributed by atoms with Crippen LogP contribution in [0.1, 0.15) is 45.9 Å². The number of furan rings is 1. The van der Waals surface area contributed by atoms with Crippen LogP contribution in [0.4, 0.5) is 0 Å². The topological polar surface area (TPSA) is 84.4 Å². The van der Waals surface area contributed by atoms with Gasteiger partial charge in [-0.2, -0.15) is 5.10 Å². The van der Waals surface area contributed by atoms with Crippen molar-refractivity contribution in [1.29, 1.82) is 0 Å². The smallest absolute Gasteiger partial charge is 0.307 e. The number of carbonyl (C=O) groups is 1. The highest BCUT2D eigenvalue weighted by Gasteiger charge is 2.39. The highest BCUT2D eigenvalue weighted by atomic mass is 16.4. The fourth-order valence-corrected chi connectivity index (χ4v) is 4.13. The second-order valence-corrected chi connectivity index (χ2v) is 9.15. The maximum Gasteiger partial charge on any atom is 0.307 e. The average molecular weight is 396 g/mol. The number of carboxylic acid groups (broad SMARTS) is 1. The van der Waals surface area contributed by atoms with Gasteiger partial charge in [0.2, 0.25) is 5.71 Å². The third-order valence-electron chi connectivity index (χ3n) is 6.16. The lowest BCUT2D eigenvalue weighted by atomic mass is 9.73. The number of pyridine rings is 1. The monoisotopic (exact) mass is 396 g/mol. The summed E-state index contributed by atoms with van der Waals surface area (Å²) in [7, 11) is 0. The number of hydrogen-bond donors (Lipinski definition) is 1. The van der Waals surface area contributed by atoms with Crippen LogP contribution in [0.2, 0.25) is 0 Å². The van der Waals surface area contributed by atoms with Gasteiger partial charge in [0.15, 0.2) is 0 Å². The molecule has 1 fully saturated rings. The molecule has 154 valence electrons. The van der Waals surface area contributed by atoms with Crippen LogP contribution in [0.3, 0.4) is 0 Å². The zero-order valence-corrected chi connectivity index (χ0v) is 17.4. The lowest BCUT2D eigenvalue weighted by Crippen LogP contribution is -2.47. The molecule has 0 aromatic carbocycles. The van der Waals surface area contributed by atoms with Crippen molar-refractivity contribution in [1.82, 2.24) is 19.7 Å². The van der Waals surface area contributed by atoms with E-state index in [1.165, 1.54) is 0 Å². The number of rotatable bonds is 4. The molecule has 0 radical (unpaired) electrons. The summed E-state index contributed by atoms with van der Waals surface area (Å²) in [5.41, 5.74) is 1.52. The predicted octanol–water partition coefficient (Wildman–Crippen LogP) is 4.14. The summed E-state index contributed by atoms with van der Waals surface area (Å²) >= 11 is 0. The number of nitrogens with zero attached hydrogens (tertiary/aromatic N) is 4. The van der Waals surface area contributed by atoms with Gasteiger partial charge in [-0.25, -0.2) is 9.67 Å². The summed E-state index contributed by atoms with van der Waals surface area (Å²) in [6.45, 7) is 10.0. The molecule has 1 aliphatic rings. The lowest BCUT2D eigenvalue weighted by Gasteiger charge is -2.44. The standard InChI is InChI=1S/C22H28N4O3/c1-14(25-12-16(21(27)28)8-17(13-25)22(2,3)4)19-10-15-9-18(11-23-20(15)29-19)26-7-5-6-24-26/h5-7,9-11,14,16-17H,8,12-13H2,1-4H3,(H,27,28)/t14-,16+,17+/m0/s1. The van der Waals surface area contributed by atoms with Crippen LogP contribution in [0, 0.1) is 17.3 Å². The highest BCUT2D eigenvalue weighted by Crippen LogP contribution is 2.39. The SMILES string of the molecule is C[C@@H](c1cc2cc(-n3cccn3)cnc2o1)N1C[C@H](C(=O)O)C[C@@H](C(C)(C)C)C1. The van der Waals surface area contributed by atoms with Gasteiger partial charge in [-0.05, 0) is 42.9 Å². The first-order valence-corrected chi connectivity index (χ1v) is 10.1. The van der Waals surface area contributed by atoms with E-state index >= 15 is 0 Å². The molecule has 7 heteroatoms. The Morgan fingerprint density at radius 3 is 2.76 bits per heavy atom. The molecule has 29 heavy (non-hydrogen) atoms. The highest BCUT2D eigenvalue weighted by molar-refractivity contribution is 5.76. The Morgan fingerprint density at radius 1 is 1.31 bits per heavy atom. The van der Waals surface area contributed by atoms with Crippen molar-refractivity contribution in [2.24, 2.45) is 17.3 Å². The van der Waals surface area contributed by atoms with Crippen molar-refractivity contribution >= 4 is 17.1 Å². The van der Waals surface area contributed by atoms with Gasteiger partial charge in [-0.3, -0.25) is 9.69 Å². The van der Waals surface area contributed by atoms with E-state index in [1.807, 2.05) is 24.4 Å². The number of likely N-dealkylation sites (tertiary alicyclic amines) is 1. The van der Waals surface area contributed by atoms with Gasteiger partial charge in [-0.1, -0.05) is 20.8 Å². The van der Waals surface area contributed by atoms with Crippen molar-refractivity contribution < 1.29 is 14.3 Å². The minimum Gasteiger partial charge on any atom is -0.481 e. The molecule has 0 unspecified atom stereocenters. The van der Waals surface area contributed by atoms with Gasteiger partial charge < -0.3 is 9.52 Å². The largest absolute Gasteiger partial charge is 0.481 e. The van der Waals surface area contributed by atoms with Crippen molar-refractivity contribution in [3.63, 3.8) is 0 Å². The maximum atomic E-state index is 11.8. The van der Waals surface area contributed by atoms with Crippen molar-refractivity contribution in [2.45, 2.75) is 40.2 Å². The molecule has 4 rings (SSSR count). The molecule has 1 aliphatic heterocycles. The van der Waals surface area contributed by atoms with Crippen LogP contribution in [0.5, 0.6) is 0 Å². The average Bonchev–Trinajstić information content (AvgIpc) is 3.35. The van der Waals surface area contributed by atoms with Crippen LogP contribution in [0.15, 0.2) is 41.2 Å². The Labute approximate surface area is 170 Å². The third kappa shape index (κ3) is 3.92. The van der Waals surface area contributed by atoms with Gasteiger partial charge >= 0.3 is 5.97 Å². The van der Waals surface area contributed by atoms with Gasteiger partial charge in [0.1, 0.15) is 5.76 Å². The summed E-state index contributed by atoms with van der Waals surface area (Å²) < 4.78 is 7.80. The number of aromatic nitrogens is 3. The molecule has 0 aliphatic carbocycles. The molecule has 3 atom stereocenters. The van der Waals surface area contributed by atoms with Crippen molar-refractivity contribution in [3.8, 4) is 5.69 Å². The minimum atomic E-state index is -0.716. The van der Waals surface area contributed by atoms with Crippen molar-refractivity contribution in [3.05, 3.63) is 42.5 Å². The summed E-state index contributed by atoms with van der Waals surface area (Å²) in [5, 5.41) is 14.8. The van der Waals surface area contributed by atoms with E-state index in [0.717, 1.165) is 29.8 Å². The van der Waals surface area contributed by atoms with E-state index in [9.17, 15) is 9.90 Å². The van der Waals surface area contributed by atoms with Crippen LogP contribution < -0.4 is 0 Å². The molecule has 1 saturated heterocycles. The Morgan fingerprint density at radius 2 is 2.10 bits per heavy atom. The molecule has 3 aromatic rings. The first-order valence-electron chi connectivity index (χ1n) is 10.1. The number of piperidine rings is 1. The van der Waals surface area contributed by atoms with E-state index in [4.69, 9.17) is 4.42 Å². The molecule has 0 spiro atoms. The summed E-state index contributed by atoms with van der Waals surface area (Å²) in [6.07, 6.45) is 6.06. The van der Waals surface area contributed by atoms with E-state index in [2.05, 4.69) is 42.7 Å². The number of carboxylic acids is 1. The Kier molecular flexibility index (Phi) is 4.94. The Bertz CT molecular complexity index is 1000. The van der Waals surface area contributed by atoms with Crippen LogP contribution >= 0.6 is 0 Å². The first kappa shape index (κ1) is 19.6. The number of hydrogen-bond acceptors (Lipinski definition) is 5. The molecule has 4 heterocycles. The van der Waals surface area contributed by atoms with Gasteiger partial charge in [-0.15, -0.1) is 0 Å². The summed E-state index contributed by atoms with van der Waals surface area (Å²) in [4.78, 5) is 18.4. The van der Waals surface area contributed by atoms with Gasteiger partial charge in [0.05, 0.1) is 23.8 Å². The second-order valence-electron chi connectivity index (χ2n) is 9.15. The molecule has 1 N–H and O–H groups in total. The summed E-state index contributed by atoms with van der Waals surface area (Å²) in [6, 6.07) is 5.86. The maximum absolute atomic E-state index is 11.8. The van der Waals surface area contributed by atoms with Gasteiger partial charge in [0.25, 0.3) is 0 Å². The zero-order chi connectivity index (χ0) is 20.8. The van der Waals surface area contributed by atoms with Gasteiger partial charge in [0, 0.05) is 30.9 Å². The van der Waals surface area contributed by atoms with Crippen LogP contribution in [0.25, 0.3) is 16.8 Å². The Balaban J connectivity index is 1.61. The van der Waals surface area contributed by atoms with Crippen LogP contribution in [-0.2, 0) is 4.79 Å².